The monoisotopic (exact) mass is 159 g/mol. The average molecular weight is 159 g/mol. The van der Waals surface area contributed by atoms with Gasteiger partial charge < -0.3 is 10.8 Å². The van der Waals surface area contributed by atoms with Gasteiger partial charge in [0.25, 0.3) is 0 Å². The Bertz CT molecular complexity index is 115. The minimum absolute atomic E-state index is 0.201. The number of carboxylic acids is 1. The van der Waals surface area contributed by atoms with E-state index in [1.165, 1.54) is 0 Å². The van der Waals surface area contributed by atoms with Crippen LogP contribution in [0.15, 0.2) is 0 Å². The van der Waals surface area contributed by atoms with Gasteiger partial charge in [0.2, 0.25) is 0 Å². The number of rotatable bonds is 6. The van der Waals surface area contributed by atoms with E-state index in [2.05, 4.69) is 0 Å². The third-order valence-electron chi connectivity index (χ3n) is 1.76. The lowest BCUT2D eigenvalue weighted by molar-refractivity contribution is -0.141. The van der Waals surface area contributed by atoms with Crippen LogP contribution in [-0.4, -0.2) is 17.6 Å². The predicted molar refractivity (Wildman–Crippen MR) is 44.3 cm³/mol. The lowest BCUT2D eigenvalue weighted by atomic mass is 10.0. The van der Waals surface area contributed by atoms with Crippen molar-refractivity contribution in [3.05, 3.63) is 0 Å². The first kappa shape index (κ1) is 10.4. The van der Waals surface area contributed by atoms with Crippen LogP contribution in [0.1, 0.15) is 32.6 Å². The van der Waals surface area contributed by atoms with Gasteiger partial charge in [0.15, 0.2) is 0 Å². The van der Waals surface area contributed by atoms with Crippen LogP contribution in [-0.2, 0) is 4.79 Å². The molecule has 0 radical (unpaired) electrons. The number of carbonyl (C=O) groups is 1. The Morgan fingerprint density at radius 3 is 2.55 bits per heavy atom. The summed E-state index contributed by atoms with van der Waals surface area (Å²) in [6, 6.07) is 0. The zero-order valence-corrected chi connectivity index (χ0v) is 7.05. The number of unbranched alkanes of at least 4 members (excludes halogenated alkanes) is 2. The van der Waals surface area contributed by atoms with Crippen molar-refractivity contribution in [1.29, 1.82) is 0 Å². The van der Waals surface area contributed by atoms with Gasteiger partial charge in [-0.25, -0.2) is 0 Å². The molecule has 0 saturated heterocycles. The van der Waals surface area contributed by atoms with Gasteiger partial charge in [0.05, 0.1) is 5.92 Å². The second-order valence-corrected chi connectivity index (χ2v) is 2.88. The van der Waals surface area contributed by atoms with Crippen LogP contribution in [0.4, 0.5) is 0 Å². The number of carboxylic acid groups (broad SMARTS) is 1. The molecule has 1 unspecified atom stereocenters. The summed E-state index contributed by atoms with van der Waals surface area (Å²) in [7, 11) is 0. The molecule has 0 aliphatic carbocycles. The van der Waals surface area contributed by atoms with Crippen molar-refractivity contribution in [2.24, 2.45) is 11.7 Å². The minimum atomic E-state index is -0.697. The van der Waals surface area contributed by atoms with Gasteiger partial charge in [-0.2, -0.15) is 0 Å². The van der Waals surface area contributed by atoms with E-state index < -0.39 is 5.97 Å². The van der Waals surface area contributed by atoms with E-state index in [1.54, 1.807) is 6.92 Å². The van der Waals surface area contributed by atoms with Gasteiger partial charge in [-0.15, -0.1) is 0 Å². The molecule has 0 amide bonds. The van der Waals surface area contributed by atoms with E-state index in [0.717, 1.165) is 25.7 Å². The lowest BCUT2D eigenvalue weighted by Gasteiger charge is -2.04. The highest BCUT2D eigenvalue weighted by Gasteiger charge is 2.08. The van der Waals surface area contributed by atoms with E-state index in [9.17, 15) is 4.79 Å². The third kappa shape index (κ3) is 5.85. The van der Waals surface area contributed by atoms with Crippen molar-refractivity contribution < 1.29 is 9.90 Å². The van der Waals surface area contributed by atoms with Crippen LogP contribution in [0.5, 0.6) is 0 Å². The zero-order chi connectivity index (χ0) is 8.69. The lowest BCUT2D eigenvalue weighted by Crippen LogP contribution is -2.09. The first-order chi connectivity index (χ1) is 5.18. The van der Waals surface area contributed by atoms with Crippen molar-refractivity contribution in [2.75, 3.05) is 6.54 Å². The van der Waals surface area contributed by atoms with E-state index >= 15 is 0 Å². The molecule has 0 aromatic carbocycles. The Morgan fingerprint density at radius 1 is 1.45 bits per heavy atom. The molecule has 0 fully saturated rings. The van der Waals surface area contributed by atoms with E-state index in [1.807, 2.05) is 0 Å². The molecule has 11 heavy (non-hydrogen) atoms. The van der Waals surface area contributed by atoms with Gasteiger partial charge in [0.1, 0.15) is 0 Å². The van der Waals surface area contributed by atoms with Crippen molar-refractivity contribution in [3.63, 3.8) is 0 Å². The Labute approximate surface area is 67.6 Å². The zero-order valence-electron chi connectivity index (χ0n) is 7.05. The minimum Gasteiger partial charge on any atom is -0.481 e. The second-order valence-electron chi connectivity index (χ2n) is 2.88. The van der Waals surface area contributed by atoms with Crippen LogP contribution >= 0.6 is 0 Å². The summed E-state index contributed by atoms with van der Waals surface area (Å²) in [6.45, 7) is 2.45. The molecule has 0 aromatic rings. The predicted octanol–water partition coefficient (Wildman–Crippen LogP) is 1.23. The second kappa shape index (κ2) is 6.16. The summed E-state index contributed by atoms with van der Waals surface area (Å²) in [6.07, 6.45) is 3.81. The number of hydrogen-bond acceptors (Lipinski definition) is 2. The molecule has 0 heterocycles. The maximum atomic E-state index is 10.3. The van der Waals surface area contributed by atoms with Crippen molar-refractivity contribution in [3.8, 4) is 0 Å². The molecule has 0 bridgehead atoms. The van der Waals surface area contributed by atoms with E-state index in [0.29, 0.717) is 6.54 Å². The molecule has 0 rings (SSSR count). The first-order valence-corrected chi connectivity index (χ1v) is 4.11. The van der Waals surface area contributed by atoms with E-state index in [4.69, 9.17) is 10.8 Å². The Kier molecular flexibility index (Phi) is 5.84. The van der Waals surface area contributed by atoms with E-state index in [-0.39, 0.29) is 5.92 Å². The summed E-state index contributed by atoms with van der Waals surface area (Å²) in [5.74, 6) is -0.898. The Morgan fingerprint density at radius 2 is 2.09 bits per heavy atom. The quantitative estimate of drug-likeness (QED) is 0.573. The van der Waals surface area contributed by atoms with Gasteiger partial charge in [-0.3, -0.25) is 4.79 Å². The fraction of sp³-hybridized carbons (Fsp3) is 0.875. The maximum absolute atomic E-state index is 10.3. The molecule has 66 valence electrons. The number of aliphatic carboxylic acids is 1. The smallest absolute Gasteiger partial charge is 0.306 e. The number of nitrogens with two attached hydrogens (primary N) is 1. The van der Waals surface area contributed by atoms with Crippen LogP contribution in [0.25, 0.3) is 0 Å². The van der Waals surface area contributed by atoms with Crippen molar-refractivity contribution >= 4 is 5.97 Å². The summed E-state index contributed by atoms with van der Waals surface area (Å²) in [5.41, 5.74) is 5.29. The van der Waals surface area contributed by atoms with Crippen LogP contribution < -0.4 is 5.73 Å². The molecule has 1 atom stereocenters. The topological polar surface area (TPSA) is 63.3 Å². The van der Waals surface area contributed by atoms with Gasteiger partial charge in [-0.1, -0.05) is 19.8 Å². The van der Waals surface area contributed by atoms with Gasteiger partial charge in [-0.05, 0) is 19.4 Å². The molecular formula is C8H17NO2. The molecule has 0 spiro atoms. The highest BCUT2D eigenvalue weighted by molar-refractivity contribution is 5.69. The summed E-state index contributed by atoms with van der Waals surface area (Å²) < 4.78 is 0. The SMILES string of the molecule is CC(CCCCCN)C(=O)O. The fourth-order valence-electron chi connectivity index (χ4n) is 0.895. The van der Waals surface area contributed by atoms with Crippen LogP contribution in [0.3, 0.4) is 0 Å². The molecule has 0 aliphatic rings. The molecule has 3 nitrogen and oxygen atoms in total. The molecule has 3 N–H and O–H groups in total. The highest BCUT2D eigenvalue weighted by atomic mass is 16.4. The fourth-order valence-corrected chi connectivity index (χ4v) is 0.895. The molecule has 0 aromatic heterocycles. The normalized spacial score (nSPS) is 12.9. The van der Waals surface area contributed by atoms with Crippen LogP contribution in [0, 0.1) is 5.92 Å². The van der Waals surface area contributed by atoms with Crippen molar-refractivity contribution in [2.45, 2.75) is 32.6 Å². The highest BCUT2D eigenvalue weighted by Crippen LogP contribution is 2.08. The summed E-state index contributed by atoms with van der Waals surface area (Å²) in [5, 5.41) is 8.51. The molecular weight excluding hydrogens is 142 g/mol. The Hall–Kier alpha value is -0.570. The van der Waals surface area contributed by atoms with Crippen LogP contribution in [0.2, 0.25) is 0 Å². The maximum Gasteiger partial charge on any atom is 0.306 e. The number of hydrogen-bond donors (Lipinski definition) is 2. The third-order valence-corrected chi connectivity index (χ3v) is 1.76. The first-order valence-electron chi connectivity index (χ1n) is 4.11. The Balaban J connectivity index is 3.17. The van der Waals surface area contributed by atoms with Crippen molar-refractivity contribution in [1.82, 2.24) is 0 Å². The standard InChI is InChI=1S/C8H17NO2/c1-7(8(10)11)5-3-2-4-6-9/h7H,2-6,9H2,1H3,(H,10,11). The molecule has 0 saturated carbocycles. The van der Waals surface area contributed by atoms with Gasteiger partial charge >= 0.3 is 5.97 Å². The van der Waals surface area contributed by atoms with Gasteiger partial charge in [0, 0.05) is 0 Å². The molecule has 0 aliphatic heterocycles. The summed E-state index contributed by atoms with van der Waals surface area (Å²) >= 11 is 0. The largest absolute Gasteiger partial charge is 0.481 e. The average Bonchev–Trinajstić information content (AvgIpc) is 1.97. The molecule has 3 heteroatoms. The summed E-state index contributed by atoms with van der Waals surface area (Å²) in [4.78, 5) is 10.3.